The highest BCUT2D eigenvalue weighted by Gasteiger charge is 2.32. The number of phenols is 1. The van der Waals surface area contributed by atoms with Crippen molar-refractivity contribution in [1.29, 1.82) is 0 Å². The molecule has 1 aliphatic rings. The SMILES string of the molecule is CCOC(=O)CCN1CCC[C@@H](Nc2nnc(-c3ccc(C(F)(F)F)cc3O)c(C)c2CNC(=O)OC)C1. The molecule has 3 N–H and O–H groups in total. The molecule has 2 aromatic rings. The summed E-state index contributed by atoms with van der Waals surface area (Å²) < 4.78 is 48.8. The number of rotatable bonds is 9. The summed E-state index contributed by atoms with van der Waals surface area (Å²) in [7, 11) is 1.23. The van der Waals surface area contributed by atoms with Crippen molar-refractivity contribution in [2.75, 3.05) is 38.7 Å². The van der Waals surface area contributed by atoms with Gasteiger partial charge in [0.05, 0.1) is 32.2 Å². The number of hydrogen-bond acceptors (Lipinski definition) is 9. The molecular formula is C25H32F3N5O5. The topological polar surface area (TPSA) is 126 Å². The number of aromatic nitrogens is 2. The van der Waals surface area contributed by atoms with Crippen LogP contribution < -0.4 is 10.6 Å². The smallest absolute Gasteiger partial charge is 0.416 e. The van der Waals surface area contributed by atoms with Gasteiger partial charge in [0.25, 0.3) is 0 Å². The van der Waals surface area contributed by atoms with Gasteiger partial charge in [0.15, 0.2) is 5.82 Å². The number of ether oxygens (including phenoxy) is 2. The van der Waals surface area contributed by atoms with Crippen molar-refractivity contribution in [2.45, 2.75) is 51.9 Å². The standard InChI is InChI=1S/C25H32F3N5O5/c1-4-38-21(35)9-11-33-10-5-6-17(14-33)30-23-19(13-29-24(36)37-3)15(2)22(31-32-23)18-8-7-16(12-20(18)34)25(26,27)28/h7-8,12,17,34H,4-6,9-11,13-14H2,1-3H3,(H,29,36)(H,30,32)/t17-/m1/s1. The fourth-order valence-corrected chi connectivity index (χ4v) is 4.34. The maximum Gasteiger partial charge on any atom is 0.416 e. The highest BCUT2D eigenvalue weighted by atomic mass is 19.4. The molecule has 13 heteroatoms. The van der Waals surface area contributed by atoms with Crippen LogP contribution in [0.3, 0.4) is 0 Å². The summed E-state index contributed by atoms with van der Waals surface area (Å²) >= 11 is 0. The highest BCUT2D eigenvalue weighted by Crippen LogP contribution is 2.38. The van der Waals surface area contributed by atoms with Crippen molar-refractivity contribution in [3.63, 3.8) is 0 Å². The van der Waals surface area contributed by atoms with Gasteiger partial charge in [-0.15, -0.1) is 10.2 Å². The van der Waals surface area contributed by atoms with Gasteiger partial charge in [-0.1, -0.05) is 0 Å². The van der Waals surface area contributed by atoms with Crippen LogP contribution in [0.2, 0.25) is 0 Å². The first kappa shape index (κ1) is 29.0. The first-order chi connectivity index (χ1) is 18.0. The van der Waals surface area contributed by atoms with E-state index in [0.29, 0.717) is 49.1 Å². The third-order valence-corrected chi connectivity index (χ3v) is 6.30. The second kappa shape index (κ2) is 12.8. The molecule has 208 valence electrons. The number of piperidine rings is 1. The molecule has 1 aromatic carbocycles. The number of nitrogens with one attached hydrogen (secondary N) is 2. The fourth-order valence-electron chi connectivity index (χ4n) is 4.34. The van der Waals surface area contributed by atoms with Gasteiger partial charge in [-0.2, -0.15) is 13.2 Å². The predicted molar refractivity (Wildman–Crippen MR) is 132 cm³/mol. The summed E-state index contributed by atoms with van der Waals surface area (Å²) in [4.78, 5) is 25.7. The van der Waals surface area contributed by atoms with Crippen molar-refractivity contribution >= 4 is 17.9 Å². The van der Waals surface area contributed by atoms with Crippen LogP contribution in [0.15, 0.2) is 18.2 Å². The molecule has 38 heavy (non-hydrogen) atoms. The van der Waals surface area contributed by atoms with Gasteiger partial charge in [0.1, 0.15) is 11.4 Å². The largest absolute Gasteiger partial charge is 0.507 e. The van der Waals surface area contributed by atoms with Crippen LogP contribution in [-0.2, 0) is 27.0 Å². The Balaban J connectivity index is 1.85. The van der Waals surface area contributed by atoms with E-state index in [9.17, 15) is 27.9 Å². The van der Waals surface area contributed by atoms with Gasteiger partial charge in [-0.25, -0.2) is 4.79 Å². The van der Waals surface area contributed by atoms with E-state index in [-0.39, 0.29) is 29.8 Å². The van der Waals surface area contributed by atoms with Crippen LogP contribution in [0.5, 0.6) is 5.75 Å². The van der Waals surface area contributed by atoms with E-state index >= 15 is 0 Å². The summed E-state index contributed by atoms with van der Waals surface area (Å²) in [5.41, 5.74) is 0.340. The maximum atomic E-state index is 13.1. The first-order valence-corrected chi connectivity index (χ1v) is 12.3. The quantitative estimate of drug-likeness (QED) is 0.407. The van der Waals surface area contributed by atoms with Crippen molar-refractivity contribution in [3.05, 3.63) is 34.9 Å². The van der Waals surface area contributed by atoms with Gasteiger partial charge in [0.2, 0.25) is 0 Å². The Hall–Kier alpha value is -3.61. The Kier molecular flexibility index (Phi) is 9.72. The molecule has 2 heterocycles. The number of benzene rings is 1. The minimum atomic E-state index is -4.61. The molecule has 1 atom stereocenters. The minimum absolute atomic E-state index is 0.00402. The Morgan fingerprint density at radius 1 is 1.26 bits per heavy atom. The number of carbonyl (C=O) groups excluding carboxylic acids is 2. The number of likely N-dealkylation sites (tertiary alicyclic amines) is 1. The molecule has 1 fully saturated rings. The van der Waals surface area contributed by atoms with Crippen molar-refractivity contribution in [2.24, 2.45) is 0 Å². The van der Waals surface area contributed by atoms with E-state index in [1.165, 1.54) is 7.11 Å². The lowest BCUT2D eigenvalue weighted by Crippen LogP contribution is -2.43. The molecule has 10 nitrogen and oxygen atoms in total. The molecule has 3 rings (SSSR count). The number of esters is 1. The average Bonchev–Trinajstić information content (AvgIpc) is 2.87. The van der Waals surface area contributed by atoms with Crippen molar-refractivity contribution in [3.8, 4) is 17.0 Å². The number of amides is 1. The van der Waals surface area contributed by atoms with Gasteiger partial charge >= 0.3 is 18.2 Å². The molecule has 0 saturated carbocycles. The summed E-state index contributed by atoms with van der Waals surface area (Å²) in [6.45, 7) is 5.83. The van der Waals surface area contributed by atoms with E-state index in [1.54, 1.807) is 13.8 Å². The molecule has 1 saturated heterocycles. The van der Waals surface area contributed by atoms with Crippen LogP contribution in [-0.4, -0.2) is 71.7 Å². The monoisotopic (exact) mass is 539 g/mol. The van der Waals surface area contributed by atoms with E-state index in [2.05, 4.69) is 30.5 Å². The van der Waals surface area contributed by atoms with Gasteiger partial charge in [-0.05, 0) is 57.0 Å². The zero-order chi connectivity index (χ0) is 27.9. The summed E-state index contributed by atoms with van der Waals surface area (Å²) in [5.74, 6) is -0.442. The molecule has 0 bridgehead atoms. The van der Waals surface area contributed by atoms with E-state index in [4.69, 9.17) is 4.74 Å². The lowest BCUT2D eigenvalue weighted by atomic mass is 9.99. The summed E-state index contributed by atoms with van der Waals surface area (Å²) in [5, 5.41) is 24.8. The van der Waals surface area contributed by atoms with Crippen LogP contribution in [0.25, 0.3) is 11.3 Å². The number of alkyl carbamates (subject to hydrolysis) is 1. The number of halogens is 3. The van der Waals surface area contributed by atoms with Crippen LogP contribution >= 0.6 is 0 Å². The van der Waals surface area contributed by atoms with Crippen LogP contribution in [0.1, 0.15) is 42.9 Å². The van der Waals surface area contributed by atoms with Crippen molar-refractivity contribution in [1.82, 2.24) is 20.4 Å². The number of methoxy groups -OCH3 is 1. The number of alkyl halides is 3. The number of phenolic OH excluding ortho intramolecular Hbond substituents is 1. The average molecular weight is 540 g/mol. The summed E-state index contributed by atoms with van der Waals surface area (Å²) in [6, 6.07) is 2.62. The predicted octanol–water partition coefficient (Wildman–Crippen LogP) is 3.86. The zero-order valence-electron chi connectivity index (χ0n) is 21.5. The number of hydrogen-bond donors (Lipinski definition) is 3. The highest BCUT2D eigenvalue weighted by molar-refractivity contribution is 5.73. The molecule has 1 aliphatic heterocycles. The van der Waals surface area contributed by atoms with E-state index in [1.807, 2.05) is 0 Å². The normalized spacial score (nSPS) is 16.1. The van der Waals surface area contributed by atoms with Crippen LogP contribution in [0.4, 0.5) is 23.8 Å². The van der Waals surface area contributed by atoms with Crippen LogP contribution in [0, 0.1) is 6.92 Å². The molecule has 0 spiro atoms. The second-order valence-corrected chi connectivity index (χ2v) is 8.91. The van der Waals surface area contributed by atoms with Crippen molar-refractivity contribution < 1.29 is 37.3 Å². The number of carbonyl (C=O) groups is 2. The minimum Gasteiger partial charge on any atom is -0.507 e. The van der Waals surface area contributed by atoms with E-state index < -0.39 is 23.6 Å². The van der Waals surface area contributed by atoms with E-state index in [0.717, 1.165) is 31.5 Å². The fraction of sp³-hybridized carbons (Fsp3) is 0.520. The second-order valence-electron chi connectivity index (χ2n) is 8.91. The molecule has 1 aromatic heterocycles. The molecule has 0 radical (unpaired) electrons. The Morgan fingerprint density at radius 2 is 2.03 bits per heavy atom. The third-order valence-electron chi connectivity index (χ3n) is 6.30. The number of aromatic hydroxyl groups is 1. The summed E-state index contributed by atoms with van der Waals surface area (Å²) in [6.07, 6.45) is -3.26. The van der Waals surface area contributed by atoms with Gasteiger partial charge < -0.3 is 30.1 Å². The Morgan fingerprint density at radius 3 is 2.68 bits per heavy atom. The maximum absolute atomic E-state index is 13.1. The number of nitrogens with zero attached hydrogens (tertiary/aromatic N) is 3. The number of anilines is 1. The molecular weight excluding hydrogens is 507 g/mol. The molecule has 0 aliphatic carbocycles. The first-order valence-electron chi connectivity index (χ1n) is 12.3. The third kappa shape index (κ3) is 7.46. The lowest BCUT2D eigenvalue weighted by molar-refractivity contribution is -0.143. The molecule has 1 amide bonds. The van der Waals surface area contributed by atoms with Gasteiger partial charge in [0, 0.05) is 30.3 Å². The van der Waals surface area contributed by atoms with Gasteiger partial charge in [-0.3, -0.25) is 4.79 Å². The zero-order valence-corrected chi connectivity index (χ0v) is 21.5. The molecule has 0 unspecified atom stereocenters. The lowest BCUT2D eigenvalue weighted by Gasteiger charge is -2.33. The Bertz CT molecular complexity index is 1150. The Labute approximate surface area is 218 Å².